The molecule has 4 nitrogen and oxygen atoms in total. The van der Waals surface area contributed by atoms with E-state index in [1.165, 1.54) is 14.2 Å². The van der Waals surface area contributed by atoms with Crippen molar-refractivity contribution in [2.75, 3.05) is 14.2 Å². The molecule has 100 valence electrons. The topological polar surface area (TPSA) is 36.9 Å². The Morgan fingerprint density at radius 1 is 0.750 bits per heavy atom. The summed E-state index contributed by atoms with van der Waals surface area (Å²) in [5.74, 6) is 0. The third-order valence-electron chi connectivity index (χ3n) is 2.16. The highest BCUT2D eigenvalue weighted by molar-refractivity contribution is 4.69. The van der Waals surface area contributed by atoms with Gasteiger partial charge < -0.3 is 0 Å². The lowest BCUT2D eigenvalue weighted by atomic mass is 10.0. The van der Waals surface area contributed by atoms with Crippen molar-refractivity contribution < 1.29 is 19.6 Å². The van der Waals surface area contributed by atoms with Crippen molar-refractivity contribution in [2.45, 2.75) is 65.6 Å². The van der Waals surface area contributed by atoms with Gasteiger partial charge in [-0.05, 0) is 40.5 Å². The van der Waals surface area contributed by atoms with Gasteiger partial charge in [0.05, 0.1) is 19.8 Å². The van der Waals surface area contributed by atoms with E-state index in [0.717, 1.165) is 12.8 Å². The maximum absolute atomic E-state index is 5.39. The highest BCUT2D eigenvalue weighted by Gasteiger charge is 2.24. The van der Waals surface area contributed by atoms with E-state index in [1.807, 2.05) is 20.8 Å². The quantitative estimate of drug-likeness (QED) is 0.540. The average Bonchev–Trinajstić information content (AvgIpc) is 2.25. The first kappa shape index (κ1) is 18.2. The van der Waals surface area contributed by atoms with Crippen molar-refractivity contribution in [1.82, 2.24) is 0 Å². The van der Waals surface area contributed by atoms with Crippen LogP contribution in [0.1, 0.15) is 54.4 Å². The van der Waals surface area contributed by atoms with Crippen molar-refractivity contribution in [2.24, 2.45) is 0 Å². The first-order valence-electron chi connectivity index (χ1n) is 5.68. The minimum absolute atomic E-state index is 0.132. The summed E-state index contributed by atoms with van der Waals surface area (Å²) in [6, 6.07) is 0. The maximum Gasteiger partial charge on any atom is 0.100 e. The molecule has 0 rings (SSSR count). The zero-order valence-corrected chi connectivity index (χ0v) is 12.0. The molecule has 16 heavy (non-hydrogen) atoms. The van der Waals surface area contributed by atoms with Crippen LogP contribution in [0.5, 0.6) is 0 Å². The smallest absolute Gasteiger partial charge is 0.100 e. The monoisotopic (exact) mass is 236 g/mol. The molecule has 0 unspecified atom stereocenters. The number of hydrogen-bond acceptors (Lipinski definition) is 4. The normalized spacial score (nSPS) is 12.0. The Balaban J connectivity index is 0. The summed E-state index contributed by atoms with van der Waals surface area (Å²) < 4.78 is 0. The average molecular weight is 236 g/mol. The van der Waals surface area contributed by atoms with Crippen LogP contribution in [0.4, 0.5) is 0 Å². The van der Waals surface area contributed by atoms with Gasteiger partial charge in [0.2, 0.25) is 0 Å². The molecule has 0 aromatic carbocycles. The van der Waals surface area contributed by atoms with E-state index in [-0.39, 0.29) is 11.2 Å². The molecule has 0 N–H and O–H groups in total. The van der Waals surface area contributed by atoms with E-state index in [4.69, 9.17) is 9.78 Å². The molecule has 4 heteroatoms. The first-order chi connectivity index (χ1) is 7.24. The molecule has 0 aliphatic rings. The summed E-state index contributed by atoms with van der Waals surface area (Å²) in [7, 11) is 2.92. The molecule has 0 saturated heterocycles. The fourth-order valence-electron chi connectivity index (χ4n) is 0.593. The molecule has 0 saturated carbocycles. The van der Waals surface area contributed by atoms with Crippen molar-refractivity contribution in [3.05, 3.63) is 0 Å². The summed E-state index contributed by atoms with van der Waals surface area (Å²) in [6.45, 7) is 12.2. The zero-order chi connectivity index (χ0) is 13.2. The summed E-state index contributed by atoms with van der Waals surface area (Å²) >= 11 is 0. The van der Waals surface area contributed by atoms with E-state index in [1.54, 1.807) is 0 Å². The third-order valence-corrected chi connectivity index (χ3v) is 2.16. The maximum atomic E-state index is 5.39. The second-order valence-electron chi connectivity index (χ2n) is 4.77. The van der Waals surface area contributed by atoms with Crippen LogP contribution < -0.4 is 0 Å². The van der Waals surface area contributed by atoms with Gasteiger partial charge >= 0.3 is 0 Å². The lowest BCUT2D eigenvalue weighted by molar-refractivity contribution is -0.401. The van der Waals surface area contributed by atoms with Crippen LogP contribution in [0.15, 0.2) is 0 Å². The summed E-state index contributed by atoms with van der Waals surface area (Å²) in [5.41, 5.74) is -0.348. The molecule has 0 radical (unpaired) electrons. The van der Waals surface area contributed by atoms with E-state index in [0.29, 0.717) is 0 Å². The second-order valence-corrected chi connectivity index (χ2v) is 4.77. The molecule has 0 bridgehead atoms. The van der Waals surface area contributed by atoms with Crippen LogP contribution >= 0.6 is 0 Å². The van der Waals surface area contributed by atoms with Gasteiger partial charge in [-0.1, -0.05) is 13.8 Å². The lowest BCUT2D eigenvalue weighted by Crippen LogP contribution is -2.32. The van der Waals surface area contributed by atoms with E-state index >= 15 is 0 Å². The number of rotatable bonds is 5. The van der Waals surface area contributed by atoms with Gasteiger partial charge in [-0.3, -0.25) is 0 Å². The molecule has 0 amide bonds. The third kappa shape index (κ3) is 11.9. The summed E-state index contributed by atoms with van der Waals surface area (Å²) in [5, 5.41) is 0. The van der Waals surface area contributed by atoms with Crippen molar-refractivity contribution in [3.63, 3.8) is 0 Å². The second kappa shape index (κ2) is 8.93. The molecule has 0 aliphatic heterocycles. The van der Waals surface area contributed by atoms with Crippen LogP contribution in [0.3, 0.4) is 0 Å². The largest absolute Gasteiger partial charge is 0.240 e. The minimum Gasteiger partial charge on any atom is -0.240 e. The number of hydrogen-bond donors (Lipinski definition) is 0. The minimum atomic E-state index is -0.217. The molecule has 0 atom stereocenters. The Hall–Kier alpha value is -0.160. The Morgan fingerprint density at radius 3 is 1.31 bits per heavy atom. The van der Waals surface area contributed by atoms with Gasteiger partial charge in [0.15, 0.2) is 0 Å². The van der Waals surface area contributed by atoms with Crippen LogP contribution in [-0.4, -0.2) is 25.4 Å². The van der Waals surface area contributed by atoms with Gasteiger partial charge in [-0.2, -0.15) is 0 Å². The Morgan fingerprint density at radius 2 is 1.12 bits per heavy atom. The Kier molecular flexibility index (Phi) is 10.2. The fourth-order valence-corrected chi connectivity index (χ4v) is 0.593. The standard InChI is InChI=1S/C10H22O2.C2H6O2/c1-7-10(6,8-2)12-11-9(3,4)5;1-3-4-2/h7-8H2,1-6H3;1-2H3. The van der Waals surface area contributed by atoms with Crippen molar-refractivity contribution >= 4 is 0 Å². The molecule has 0 aliphatic carbocycles. The lowest BCUT2D eigenvalue weighted by Gasteiger charge is -2.29. The van der Waals surface area contributed by atoms with Crippen molar-refractivity contribution in [1.29, 1.82) is 0 Å². The van der Waals surface area contributed by atoms with Crippen molar-refractivity contribution in [3.8, 4) is 0 Å². The molecule has 0 spiro atoms. The van der Waals surface area contributed by atoms with Gasteiger partial charge in [-0.15, -0.1) is 0 Å². The summed E-state index contributed by atoms with van der Waals surface area (Å²) in [6.07, 6.45) is 1.94. The van der Waals surface area contributed by atoms with E-state index < -0.39 is 0 Å². The molecular formula is C12H28O4. The molecule has 0 aromatic heterocycles. The molecule has 0 aromatic rings. The van der Waals surface area contributed by atoms with Gasteiger partial charge in [0, 0.05) is 0 Å². The highest BCUT2D eigenvalue weighted by Crippen LogP contribution is 2.22. The van der Waals surface area contributed by atoms with E-state index in [9.17, 15) is 0 Å². The Labute approximate surface area is 100 Å². The molecule has 0 fully saturated rings. The molecule has 0 heterocycles. The Bertz CT molecular complexity index is 146. The first-order valence-corrected chi connectivity index (χ1v) is 5.68. The zero-order valence-electron chi connectivity index (χ0n) is 12.0. The highest BCUT2D eigenvalue weighted by atomic mass is 17.2. The van der Waals surface area contributed by atoms with Gasteiger partial charge in [0.25, 0.3) is 0 Å². The molecular weight excluding hydrogens is 208 g/mol. The van der Waals surface area contributed by atoms with Crippen LogP contribution in [-0.2, 0) is 19.6 Å². The van der Waals surface area contributed by atoms with Crippen LogP contribution in [0.25, 0.3) is 0 Å². The van der Waals surface area contributed by atoms with Gasteiger partial charge in [0.1, 0.15) is 5.60 Å². The van der Waals surface area contributed by atoms with Gasteiger partial charge in [-0.25, -0.2) is 19.6 Å². The van der Waals surface area contributed by atoms with E-state index in [2.05, 4.69) is 30.5 Å². The van der Waals surface area contributed by atoms with Crippen LogP contribution in [0, 0.1) is 0 Å². The predicted octanol–water partition coefficient (Wildman–Crippen LogP) is 3.51. The SMILES string of the molecule is CCC(C)(CC)OOC(C)(C)C.COOC. The summed E-state index contributed by atoms with van der Waals surface area (Å²) in [4.78, 5) is 18.8. The van der Waals surface area contributed by atoms with Crippen LogP contribution in [0.2, 0.25) is 0 Å². The predicted molar refractivity (Wildman–Crippen MR) is 64.9 cm³/mol. The fraction of sp³-hybridized carbons (Fsp3) is 1.00.